The van der Waals surface area contributed by atoms with Crippen LogP contribution in [-0.4, -0.2) is 43.8 Å². The summed E-state index contributed by atoms with van der Waals surface area (Å²) >= 11 is 6.25. The standard InChI is InChI=1S/C16H16ClN9/c17-11-9(1-4-21-14(11)19)12-13-15(25-24-12)23-10(7-22-13)26-5-2-16(20,8-18)3-6-26/h1,4,7H,2-3,5-6,20H2,(H2,19,21)(H,23,24,25). The predicted octanol–water partition coefficient (Wildman–Crippen LogP) is 1.47. The summed E-state index contributed by atoms with van der Waals surface area (Å²) in [6, 6.07) is 3.93. The molecule has 0 saturated carbocycles. The number of rotatable bonds is 2. The first-order chi connectivity index (χ1) is 12.5. The van der Waals surface area contributed by atoms with E-state index in [4.69, 9.17) is 28.3 Å². The molecule has 0 aromatic carbocycles. The van der Waals surface area contributed by atoms with Crippen molar-refractivity contribution in [3.05, 3.63) is 23.5 Å². The van der Waals surface area contributed by atoms with E-state index in [-0.39, 0.29) is 5.82 Å². The lowest BCUT2D eigenvalue weighted by atomic mass is 9.90. The number of nitrogens with one attached hydrogen (secondary N) is 1. The number of piperidine rings is 1. The molecule has 1 fully saturated rings. The number of hydrogen-bond donors (Lipinski definition) is 3. The summed E-state index contributed by atoms with van der Waals surface area (Å²) in [6.07, 6.45) is 4.44. The molecule has 0 unspecified atom stereocenters. The molecule has 132 valence electrons. The van der Waals surface area contributed by atoms with Gasteiger partial charge < -0.3 is 16.4 Å². The smallest absolute Gasteiger partial charge is 0.202 e. The molecule has 10 heteroatoms. The van der Waals surface area contributed by atoms with E-state index in [1.165, 1.54) is 0 Å². The Morgan fingerprint density at radius 1 is 1.31 bits per heavy atom. The van der Waals surface area contributed by atoms with E-state index < -0.39 is 5.54 Å². The van der Waals surface area contributed by atoms with Crippen molar-refractivity contribution in [1.82, 2.24) is 25.1 Å². The lowest BCUT2D eigenvalue weighted by molar-refractivity contribution is 0.414. The van der Waals surface area contributed by atoms with Crippen molar-refractivity contribution >= 4 is 34.4 Å². The SMILES string of the molecule is N#CC1(N)CCN(c2cnc3c(-c4ccnc(N)c4Cl)[nH]nc3n2)CC1. The number of hydrogen-bond acceptors (Lipinski definition) is 8. The molecule has 0 bridgehead atoms. The predicted molar refractivity (Wildman–Crippen MR) is 98.3 cm³/mol. The molecule has 0 radical (unpaired) electrons. The van der Waals surface area contributed by atoms with Gasteiger partial charge in [-0.1, -0.05) is 11.6 Å². The third kappa shape index (κ3) is 2.69. The summed E-state index contributed by atoms with van der Waals surface area (Å²) < 4.78 is 0. The second-order valence-electron chi connectivity index (χ2n) is 6.31. The Kier molecular flexibility index (Phi) is 3.86. The normalized spacial score (nSPS) is 16.6. The topological polar surface area (TPSA) is 146 Å². The van der Waals surface area contributed by atoms with Gasteiger partial charge in [-0.15, -0.1) is 0 Å². The van der Waals surface area contributed by atoms with Gasteiger partial charge in [0.05, 0.1) is 23.0 Å². The van der Waals surface area contributed by atoms with E-state index in [2.05, 4.69) is 36.1 Å². The molecule has 4 rings (SSSR count). The lowest BCUT2D eigenvalue weighted by Gasteiger charge is -2.35. The second-order valence-corrected chi connectivity index (χ2v) is 6.69. The van der Waals surface area contributed by atoms with Crippen LogP contribution in [0.15, 0.2) is 18.5 Å². The summed E-state index contributed by atoms with van der Waals surface area (Å²) in [5, 5.41) is 16.7. The maximum absolute atomic E-state index is 9.14. The van der Waals surface area contributed by atoms with Crippen LogP contribution < -0.4 is 16.4 Å². The Morgan fingerprint density at radius 3 is 2.81 bits per heavy atom. The Balaban J connectivity index is 1.66. The highest BCUT2D eigenvalue weighted by Crippen LogP contribution is 2.33. The van der Waals surface area contributed by atoms with Crippen LogP contribution in [0.5, 0.6) is 0 Å². The molecule has 4 heterocycles. The van der Waals surface area contributed by atoms with Gasteiger partial charge in [-0.05, 0) is 18.9 Å². The van der Waals surface area contributed by atoms with Gasteiger partial charge in [0.15, 0.2) is 0 Å². The molecular weight excluding hydrogens is 354 g/mol. The molecule has 3 aromatic heterocycles. The van der Waals surface area contributed by atoms with Gasteiger partial charge in [0.25, 0.3) is 0 Å². The number of aromatic nitrogens is 5. The molecule has 0 amide bonds. The molecule has 26 heavy (non-hydrogen) atoms. The first-order valence-electron chi connectivity index (χ1n) is 8.07. The van der Waals surface area contributed by atoms with Crippen LogP contribution in [0.25, 0.3) is 22.4 Å². The number of nitrogen functional groups attached to an aromatic ring is 1. The van der Waals surface area contributed by atoms with E-state index in [1.54, 1.807) is 18.5 Å². The molecule has 1 saturated heterocycles. The fraction of sp³-hybridized carbons (Fsp3) is 0.312. The van der Waals surface area contributed by atoms with E-state index in [9.17, 15) is 0 Å². The van der Waals surface area contributed by atoms with E-state index in [0.717, 1.165) is 0 Å². The Hall–Kier alpha value is -2.96. The number of anilines is 2. The van der Waals surface area contributed by atoms with Crippen LogP contribution in [0.3, 0.4) is 0 Å². The molecule has 0 atom stereocenters. The summed E-state index contributed by atoms with van der Waals surface area (Å²) in [7, 11) is 0. The molecule has 1 aliphatic rings. The van der Waals surface area contributed by atoms with Crippen LogP contribution in [0.2, 0.25) is 5.02 Å². The summed E-state index contributed by atoms with van der Waals surface area (Å²) in [5.41, 5.74) is 13.4. The minimum Gasteiger partial charge on any atom is -0.382 e. The minimum absolute atomic E-state index is 0.243. The molecular formula is C16H16ClN9. The number of H-pyrrole nitrogens is 1. The highest BCUT2D eigenvalue weighted by atomic mass is 35.5. The average Bonchev–Trinajstić information content (AvgIpc) is 3.07. The van der Waals surface area contributed by atoms with Crippen molar-refractivity contribution in [3.63, 3.8) is 0 Å². The number of halogens is 1. The third-order valence-electron chi connectivity index (χ3n) is 4.64. The first-order valence-corrected chi connectivity index (χ1v) is 8.45. The van der Waals surface area contributed by atoms with Gasteiger partial charge in [0.2, 0.25) is 5.65 Å². The van der Waals surface area contributed by atoms with E-state index in [1.807, 2.05) is 0 Å². The van der Waals surface area contributed by atoms with Crippen molar-refractivity contribution in [3.8, 4) is 17.3 Å². The van der Waals surface area contributed by atoms with Gasteiger partial charge in [-0.25, -0.2) is 15.0 Å². The van der Waals surface area contributed by atoms with Crippen LogP contribution in [0.1, 0.15) is 12.8 Å². The van der Waals surface area contributed by atoms with Gasteiger partial charge in [0, 0.05) is 24.8 Å². The van der Waals surface area contributed by atoms with Gasteiger partial charge in [-0.3, -0.25) is 5.10 Å². The van der Waals surface area contributed by atoms with E-state index >= 15 is 0 Å². The van der Waals surface area contributed by atoms with Crippen LogP contribution in [0, 0.1) is 11.3 Å². The van der Waals surface area contributed by atoms with Crippen molar-refractivity contribution < 1.29 is 0 Å². The van der Waals surface area contributed by atoms with Gasteiger partial charge in [-0.2, -0.15) is 10.4 Å². The fourth-order valence-electron chi connectivity index (χ4n) is 3.03. The maximum atomic E-state index is 9.14. The molecule has 9 nitrogen and oxygen atoms in total. The van der Waals surface area contributed by atoms with Gasteiger partial charge in [0.1, 0.15) is 22.7 Å². The van der Waals surface area contributed by atoms with Crippen LogP contribution >= 0.6 is 11.6 Å². The fourth-order valence-corrected chi connectivity index (χ4v) is 3.23. The molecule has 5 N–H and O–H groups in total. The average molecular weight is 370 g/mol. The number of pyridine rings is 1. The number of nitrogens with two attached hydrogens (primary N) is 2. The van der Waals surface area contributed by atoms with E-state index in [0.29, 0.717) is 59.2 Å². The first kappa shape index (κ1) is 16.5. The van der Waals surface area contributed by atoms with Crippen LogP contribution in [0.4, 0.5) is 11.6 Å². The molecule has 3 aromatic rings. The van der Waals surface area contributed by atoms with Crippen molar-refractivity contribution in [1.29, 1.82) is 5.26 Å². The largest absolute Gasteiger partial charge is 0.382 e. The van der Waals surface area contributed by atoms with Crippen LogP contribution in [-0.2, 0) is 0 Å². The quantitative estimate of drug-likeness (QED) is 0.615. The summed E-state index contributed by atoms with van der Waals surface area (Å²) in [6.45, 7) is 1.29. The summed E-state index contributed by atoms with van der Waals surface area (Å²) in [5.74, 6) is 0.948. The van der Waals surface area contributed by atoms with Crippen molar-refractivity contribution in [2.45, 2.75) is 18.4 Å². The zero-order valence-corrected chi connectivity index (χ0v) is 14.5. The monoisotopic (exact) mass is 369 g/mol. The lowest BCUT2D eigenvalue weighted by Crippen LogP contribution is -2.49. The zero-order chi connectivity index (χ0) is 18.3. The number of aromatic amines is 1. The number of nitriles is 1. The Bertz CT molecular complexity index is 1010. The van der Waals surface area contributed by atoms with Crippen molar-refractivity contribution in [2.24, 2.45) is 5.73 Å². The Morgan fingerprint density at radius 2 is 2.08 bits per heavy atom. The number of nitrogens with zero attached hydrogens (tertiary/aromatic N) is 6. The number of fused-ring (bicyclic) bond motifs is 1. The highest BCUT2D eigenvalue weighted by Gasteiger charge is 2.31. The molecule has 1 aliphatic heterocycles. The van der Waals surface area contributed by atoms with Crippen molar-refractivity contribution in [2.75, 3.05) is 23.7 Å². The molecule has 0 aliphatic carbocycles. The highest BCUT2D eigenvalue weighted by molar-refractivity contribution is 6.35. The second kappa shape index (κ2) is 6.09. The summed E-state index contributed by atoms with van der Waals surface area (Å²) in [4.78, 5) is 15.1. The van der Waals surface area contributed by atoms with Gasteiger partial charge >= 0.3 is 0 Å². The molecule has 0 spiro atoms. The zero-order valence-electron chi connectivity index (χ0n) is 13.8. The minimum atomic E-state index is -0.758. The Labute approximate surface area is 154 Å². The maximum Gasteiger partial charge on any atom is 0.202 e. The third-order valence-corrected chi connectivity index (χ3v) is 5.04.